The van der Waals surface area contributed by atoms with Gasteiger partial charge in [-0.2, -0.15) is 0 Å². The van der Waals surface area contributed by atoms with Crippen LogP contribution in [0.5, 0.6) is 0 Å². The SMILES string of the molecule is O=C1[C@H](O)[C@H](O)C[C@H]2C[C@@H](O)[C@H](OCc3ccccc3)[C@H](CO)N12. The van der Waals surface area contributed by atoms with Gasteiger partial charge in [0.05, 0.1) is 31.5 Å². The molecule has 1 amide bonds. The summed E-state index contributed by atoms with van der Waals surface area (Å²) in [7, 11) is 0. The highest BCUT2D eigenvalue weighted by molar-refractivity contribution is 5.83. The number of rotatable bonds is 4. The summed E-state index contributed by atoms with van der Waals surface area (Å²) in [5.74, 6) is -0.627. The van der Waals surface area contributed by atoms with Gasteiger partial charge in [-0.15, -0.1) is 0 Å². The van der Waals surface area contributed by atoms with E-state index in [1.54, 1.807) is 0 Å². The normalized spacial score (nSPS) is 36.5. The maximum Gasteiger partial charge on any atom is 0.254 e. The minimum atomic E-state index is -1.50. The summed E-state index contributed by atoms with van der Waals surface area (Å²) in [5, 5.41) is 39.8. The van der Waals surface area contributed by atoms with E-state index in [-0.39, 0.29) is 26.1 Å². The Labute approximate surface area is 140 Å². The van der Waals surface area contributed by atoms with Gasteiger partial charge in [-0.3, -0.25) is 4.79 Å². The van der Waals surface area contributed by atoms with Crippen LogP contribution in [0, 0.1) is 0 Å². The van der Waals surface area contributed by atoms with Crippen LogP contribution in [-0.2, 0) is 16.1 Å². The number of carbonyl (C=O) groups is 1. The smallest absolute Gasteiger partial charge is 0.254 e. The molecule has 7 nitrogen and oxygen atoms in total. The van der Waals surface area contributed by atoms with E-state index in [1.165, 1.54) is 4.90 Å². The van der Waals surface area contributed by atoms with Gasteiger partial charge in [0, 0.05) is 6.04 Å². The van der Waals surface area contributed by atoms with Gasteiger partial charge in [0.25, 0.3) is 5.91 Å². The first-order valence-electron chi connectivity index (χ1n) is 8.15. The molecule has 1 aromatic rings. The first-order chi connectivity index (χ1) is 11.5. The van der Waals surface area contributed by atoms with E-state index in [0.29, 0.717) is 0 Å². The Bertz CT molecular complexity index is 567. The number of fused-ring (bicyclic) bond motifs is 1. The average Bonchev–Trinajstić information content (AvgIpc) is 2.58. The van der Waals surface area contributed by atoms with Crippen LogP contribution in [0.3, 0.4) is 0 Å². The fourth-order valence-electron chi connectivity index (χ4n) is 3.67. The summed E-state index contributed by atoms with van der Waals surface area (Å²) >= 11 is 0. The largest absolute Gasteiger partial charge is 0.394 e. The molecule has 132 valence electrons. The van der Waals surface area contributed by atoms with Gasteiger partial charge < -0.3 is 30.1 Å². The Kier molecular flexibility index (Phi) is 5.17. The van der Waals surface area contributed by atoms with E-state index in [2.05, 4.69) is 0 Å². The molecule has 0 unspecified atom stereocenters. The summed E-state index contributed by atoms with van der Waals surface area (Å²) in [6, 6.07) is 8.25. The number of hydrogen-bond donors (Lipinski definition) is 4. The fourth-order valence-corrected chi connectivity index (χ4v) is 3.67. The second kappa shape index (κ2) is 7.16. The van der Waals surface area contributed by atoms with E-state index in [1.807, 2.05) is 30.3 Å². The molecule has 2 saturated heterocycles. The highest BCUT2D eigenvalue weighted by Crippen LogP contribution is 2.33. The van der Waals surface area contributed by atoms with Gasteiger partial charge >= 0.3 is 0 Å². The molecule has 24 heavy (non-hydrogen) atoms. The van der Waals surface area contributed by atoms with Crippen molar-refractivity contribution in [2.75, 3.05) is 6.61 Å². The van der Waals surface area contributed by atoms with Crippen LogP contribution in [0.4, 0.5) is 0 Å². The molecule has 6 atom stereocenters. The second-order valence-electron chi connectivity index (χ2n) is 6.46. The zero-order valence-electron chi connectivity index (χ0n) is 13.2. The van der Waals surface area contributed by atoms with Crippen LogP contribution in [0.1, 0.15) is 18.4 Å². The number of hydrogen-bond acceptors (Lipinski definition) is 6. The quantitative estimate of drug-likeness (QED) is 0.562. The van der Waals surface area contributed by atoms with Crippen molar-refractivity contribution >= 4 is 5.91 Å². The highest BCUT2D eigenvalue weighted by atomic mass is 16.5. The Hall–Kier alpha value is -1.51. The standard InChI is InChI=1S/C17H23NO6/c19-8-12-16(24-9-10-4-2-1-3-5-10)14(21)7-11-6-13(20)15(22)17(23)18(11)12/h1-5,11-16,19-22H,6-9H2/t11-,12-,13+,14+,15+,16+/m0/s1. The molecule has 0 saturated carbocycles. The minimum Gasteiger partial charge on any atom is -0.394 e. The third-order valence-corrected chi connectivity index (χ3v) is 4.88. The lowest BCUT2D eigenvalue weighted by Gasteiger charge is -2.51. The fraction of sp³-hybridized carbons (Fsp3) is 0.588. The molecule has 1 aromatic carbocycles. The van der Waals surface area contributed by atoms with Crippen LogP contribution in [0.25, 0.3) is 0 Å². The lowest BCUT2D eigenvalue weighted by Crippen LogP contribution is -2.68. The molecular formula is C17H23NO6. The van der Waals surface area contributed by atoms with Crippen LogP contribution in [0.2, 0.25) is 0 Å². The number of aliphatic hydroxyl groups excluding tert-OH is 4. The third-order valence-electron chi connectivity index (χ3n) is 4.88. The Balaban J connectivity index is 1.76. The predicted molar refractivity (Wildman–Crippen MR) is 83.8 cm³/mol. The zero-order valence-corrected chi connectivity index (χ0v) is 13.2. The number of aliphatic hydroxyl groups is 4. The molecule has 0 spiro atoms. The first-order valence-corrected chi connectivity index (χ1v) is 8.15. The molecule has 2 aliphatic heterocycles. The zero-order chi connectivity index (χ0) is 17.3. The van der Waals surface area contributed by atoms with E-state index >= 15 is 0 Å². The number of benzene rings is 1. The highest BCUT2D eigenvalue weighted by Gasteiger charge is 2.51. The summed E-state index contributed by atoms with van der Waals surface area (Å²) in [4.78, 5) is 13.7. The molecule has 0 aromatic heterocycles. The van der Waals surface area contributed by atoms with Crippen LogP contribution in [0.15, 0.2) is 30.3 Å². The van der Waals surface area contributed by atoms with Crippen molar-refractivity contribution in [3.63, 3.8) is 0 Å². The van der Waals surface area contributed by atoms with Crippen LogP contribution in [-0.4, -0.2) is 74.3 Å². The number of carbonyl (C=O) groups excluding carboxylic acids is 1. The van der Waals surface area contributed by atoms with Crippen molar-refractivity contribution in [3.05, 3.63) is 35.9 Å². The summed E-state index contributed by atoms with van der Waals surface area (Å²) in [6.07, 6.45) is -3.84. The number of piperidine rings is 2. The molecule has 0 bridgehead atoms. The van der Waals surface area contributed by atoms with E-state index in [9.17, 15) is 25.2 Å². The molecule has 2 aliphatic rings. The molecule has 2 fully saturated rings. The Morgan fingerprint density at radius 1 is 1.08 bits per heavy atom. The molecule has 2 heterocycles. The van der Waals surface area contributed by atoms with E-state index in [4.69, 9.17) is 4.74 Å². The maximum absolute atomic E-state index is 12.3. The Morgan fingerprint density at radius 2 is 1.75 bits per heavy atom. The lowest BCUT2D eigenvalue weighted by atomic mass is 9.83. The lowest BCUT2D eigenvalue weighted by molar-refractivity contribution is -0.191. The monoisotopic (exact) mass is 337 g/mol. The number of nitrogens with zero attached hydrogens (tertiary/aromatic N) is 1. The molecule has 7 heteroatoms. The number of amides is 1. The second-order valence-corrected chi connectivity index (χ2v) is 6.46. The molecule has 0 aliphatic carbocycles. The van der Waals surface area contributed by atoms with Gasteiger partial charge in [-0.1, -0.05) is 30.3 Å². The Morgan fingerprint density at radius 3 is 2.42 bits per heavy atom. The van der Waals surface area contributed by atoms with Gasteiger partial charge in [0.15, 0.2) is 6.10 Å². The van der Waals surface area contributed by atoms with Crippen molar-refractivity contribution in [3.8, 4) is 0 Å². The van der Waals surface area contributed by atoms with Gasteiger partial charge in [-0.25, -0.2) is 0 Å². The number of ether oxygens (including phenoxy) is 1. The topological polar surface area (TPSA) is 110 Å². The maximum atomic E-state index is 12.3. The van der Waals surface area contributed by atoms with Crippen molar-refractivity contribution in [1.29, 1.82) is 0 Å². The molecule has 0 radical (unpaired) electrons. The summed E-state index contributed by atoms with van der Waals surface area (Å²) in [5.41, 5.74) is 0.920. The summed E-state index contributed by atoms with van der Waals surface area (Å²) in [6.45, 7) is -0.140. The van der Waals surface area contributed by atoms with Gasteiger partial charge in [0.1, 0.15) is 6.10 Å². The first kappa shape index (κ1) is 17.3. The molecular weight excluding hydrogens is 314 g/mol. The van der Waals surface area contributed by atoms with Crippen molar-refractivity contribution in [1.82, 2.24) is 4.90 Å². The van der Waals surface area contributed by atoms with Gasteiger partial charge in [0.2, 0.25) is 0 Å². The van der Waals surface area contributed by atoms with Crippen molar-refractivity contribution in [2.45, 2.75) is 55.9 Å². The molecule has 4 N–H and O–H groups in total. The van der Waals surface area contributed by atoms with E-state index in [0.717, 1.165) is 5.56 Å². The van der Waals surface area contributed by atoms with Crippen LogP contribution < -0.4 is 0 Å². The predicted octanol–water partition coefficient (Wildman–Crippen LogP) is -0.980. The summed E-state index contributed by atoms with van der Waals surface area (Å²) < 4.78 is 5.80. The average molecular weight is 337 g/mol. The van der Waals surface area contributed by atoms with E-state index < -0.39 is 42.4 Å². The molecule has 3 rings (SSSR count). The third kappa shape index (κ3) is 3.18. The van der Waals surface area contributed by atoms with Crippen molar-refractivity contribution < 1.29 is 30.0 Å². The van der Waals surface area contributed by atoms with Crippen molar-refractivity contribution in [2.24, 2.45) is 0 Å². The minimum absolute atomic E-state index is 0.172. The van der Waals surface area contributed by atoms with Gasteiger partial charge in [-0.05, 0) is 18.4 Å². The van der Waals surface area contributed by atoms with Crippen LogP contribution >= 0.6 is 0 Å².